The highest BCUT2D eigenvalue weighted by molar-refractivity contribution is 5.95. The van der Waals surface area contributed by atoms with Crippen molar-refractivity contribution in [2.75, 3.05) is 26.7 Å². The van der Waals surface area contributed by atoms with Gasteiger partial charge in [0.05, 0.1) is 6.04 Å². The molecular formula is C16H19FN4O. The zero-order valence-corrected chi connectivity index (χ0v) is 12.7. The van der Waals surface area contributed by atoms with Crippen LogP contribution in [0, 0.1) is 12.7 Å². The number of aromatic amines is 1. The molecule has 2 heterocycles. The predicted octanol–water partition coefficient (Wildman–Crippen LogP) is 1.99. The summed E-state index contributed by atoms with van der Waals surface area (Å²) in [5.41, 5.74) is 1.22. The summed E-state index contributed by atoms with van der Waals surface area (Å²) in [5.74, 6) is 0.485. The summed E-state index contributed by atoms with van der Waals surface area (Å²) < 4.78 is 13.2. The fourth-order valence-corrected chi connectivity index (χ4v) is 2.85. The molecule has 0 spiro atoms. The lowest BCUT2D eigenvalue weighted by atomic mass is 10.1. The first-order chi connectivity index (χ1) is 10.6. The summed E-state index contributed by atoms with van der Waals surface area (Å²) in [6, 6.07) is 4.34. The Bertz CT molecular complexity index is 671. The van der Waals surface area contributed by atoms with Gasteiger partial charge in [0.25, 0.3) is 5.91 Å². The van der Waals surface area contributed by atoms with Gasteiger partial charge in [-0.2, -0.15) is 0 Å². The van der Waals surface area contributed by atoms with Gasteiger partial charge in [0, 0.05) is 37.6 Å². The second-order valence-electron chi connectivity index (χ2n) is 5.68. The molecule has 6 heteroatoms. The first-order valence-corrected chi connectivity index (χ1v) is 7.31. The van der Waals surface area contributed by atoms with Crippen LogP contribution < -0.4 is 0 Å². The van der Waals surface area contributed by atoms with Gasteiger partial charge in [-0.15, -0.1) is 0 Å². The average molecular weight is 302 g/mol. The third-order valence-corrected chi connectivity index (χ3v) is 4.19. The van der Waals surface area contributed by atoms with Crippen LogP contribution in [0.1, 0.15) is 27.8 Å². The van der Waals surface area contributed by atoms with Crippen molar-refractivity contribution in [1.82, 2.24) is 19.8 Å². The van der Waals surface area contributed by atoms with Crippen LogP contribution in [-0.2, 0) is 0 Å². The van der Waals surface area contributed by atoms with E-state index >= 15 is 0 Å². The second-order valence-corrected chi connectivity index (χ2v) is 5.68. The topological polar surface area (TPSA) is 52.2 Å². The quantitative estimate of drug-likeness (QED) is 0.923. The lowest BCUT2D eigenvalue weighted by Gasteiger charge is -2.38. The summed E-state index contributed by atoms with van der Waals surface area (Å²) in [6.45, 7) is 3.76. The van der Waals surface area contributed by atoms with Gasteiger partial charge in [-0.05, 0) is 37.7 Å². The van der Waals surface area contributed by atoms with Crippen molar-refractivity contribution < 1.29 is 9.18 Å². The Hall–Kier alpha value is -2.21. The molecule has 1 aliphatic rings. The van der Waals surface area contributed by atoms with Gasteiger partial charge in [-0.3, -0.25) is 9.69 Å². The fraction of sp³-hybridized carbons (Fsp3) is 0.375. The zero-order valence-electron chi connectivity index (χ0n) is 12.7. The highest BCUT2D eigenvalue weighted by Gasteiger charge is 2.30. The molecule has 0 bridgehead atoms. The molecule has 1 aromatic heterocycles. The van der Waals surface area contributed by atoms with Crippen LogP contribution in [0.2, 0.25) is 0 Å². The van der Waals surface area contributed by atoms with Crippen LogP contribution in [0.15, 0.2) is 30.6 Å². The average Bonchev–Trinajstić information content (AvgIpc) is 3.01. The monoisotopic (exact) mass is 302 g/mol. The van der Waals surface area contributed by atoms with E-state index in [4.69, 9.17) is 0 Å². The number of rotatable bonds is 2. The van der Waals surface area contributed by atoms with Crippen LogP contribution in [0.25, 0.3) is 0 Å². The Labute approximate surface area is 128 Å². The predicted molar refractivity (Wildman–Crippen MR) is 81.0 cm³/mol. The number of aryl methyl sites for hydroxylation is 1. The molecular weight excluding hydrogens is 283 g/mol. The van der Waals surface area contributed by atoms with Crippen molar-refractivity contribution in [2.24, 2.45) is 0 Å². The van der Waals surface area contributed by atoms with E-state index in [1.165, 1.54) is 12.1 Å². The normalized spacial score (nSPS) is 19.4. The zero-order chi connectivity index (χ0) is 15.7. The van der Waals surface area contributed by atoms with Crippen LogP contribution in [-0.4, -0.2) is 52.4 Å². The van der Waals surface area contributed by atoms with Gasteiger partial charge in [0.1, 0.15) is 11.6 Å². The third kappa shape index (κ3) is 2.74. The highest BCUT2D eigenvalue weighted by Crippen LogP contribution is 2.23. The molecule has 1 aromatic carbocycles. The minimum atomic E-state index is -0.319. The van der Waals surface area contributed by atoms with E-state index in [-0.39, 0.29) is 17.8 Å². The maximum Gasteiger partial charge on any atom is 0.254 e. The first-order valence-electron chi connectivity index (χ1n) is 7.31. The van der Waals surface area contributed by atoms with Gasteiger partial charge >= 0.3 is 0 Å². The molecule has 116 valence electrons. The molecule has 1 amide bonds. The number of carbonyl (C=O) groups is 1. The number of imidazole rings is 1. The standard InChI is InChI=1S/C16H19FN4O/c1-11-9-12(17)3-4-13(11)16(22)21-8-7-20(2)14(10-21)15-18-5-6-19-15/h3-6,9,14H,7-8,10H2,1-2H3,(H,18,19). The van der Waals surface area contributed by atoms with Gasteiger partial charge in [-0.25, -0.2) is 9.37 Å². The van der Waals surface area contributed by atoms with Crippen LogP contribution >= 0.6 is 0 Å². The van der Waals surface area contributed by atoms with E-state index in [1.807, 2.05) is 11.9 Å². The maximum absolute atomic E-state index is 13.2. The number of nitrogens with zero attached hydrogens (tertiary/aromatic N) is 3. The number of aromatic nitrogens is 2. The number of nitrogens with one attached hydrogen (secondary N) is 1. The van der Waals surface area contributed by atoms with Crippen molar-refractivity contribution in [1.29, 1.82) is 0 Å². The minimum absolute atomic E-state index is 0.0495. The third-order valence-electron chi connectivity index (χ3n) is 4.19. The summed E-state index contributed by atoms with van der Waals surface area (Å²) in [7, 11) is 2.03. The molecule has 3 rings (SSSR count). The summed E-state index contributed by atoms with van der Waals surface area (Å²) in [4.78, 5) is 24.1. The number of benzene rings is 1. The summed E-state index contributed by atoms with van der Waals surface area (Å²) in [5, 5.41) is 0. The van der Waals surface area contributed by atoms with Crippen molar-refractivity contribution in [2.45, 2.75) is 13.0 Å². The van der Waals surface area contributed by atoms with Crippen LogP contribution in [0.5, 0.6) is 0 Å². The number of amides is 1. The Morgan fingerprint density at radius 1 is 1.41 bits per heavy atom. The SMILES string of the molecule is Cc1cc(F)ccc1C(=O)N1CCN(C)C(c2ncc[nH]2)C1. The number of hydrogen-bond donors (Lipinski definition) is 1. The Morgan fingerprint density at radius 2 is 2.23 bits per heavy atom. The van der Waals surface area contributed by atoms with Crippen LogP contribution in [0.4, 0.5) is 4.39 Å². The number of piperazine rings is 1. The van der Waals surface area contributed by atoms with Gasteiger partial charge in [0.15, 0.2) is 0 Å². The molecule has 1 fully saturated rings. The number of hydrogen-bond acceptors (Lipinski definition) is 3. The molecule has 1 aliphatic heterocycles. The largest absolute Gasteiger partial charge is 0.347 e. The maximum atomic E-state index is 13.2. The van der Waals surface area contributed by atoms with E-state index in [1.54, 1.807) is 25.4 Å². The summed E-state index contributed by atoms with van der Waals surface area (Å²) >= 11 is 0. The lowest BCUT2D eigenvalue weighted by molar-refractivity contribution is 0.0533. The Morgan fingerprint density at radius 3 is 2.91 bits per heavy atom. The Balaban J connectivity index is 1.81. The van der Waals surface area contributed by atoms with Crippen molar-refractivity contribution in [3.63, 3.8) is 0 Å². The van der Waals surface area contributed by atoms with Gasteiger partial charge in [0.2, 0.25) is 0 Å². The number of carbonyl (C=O) groups excluding carboxylic acids is 1. The van der Waals surface area contributed by atoms with Crippen LogP contribution in [0.3, 0.4) is 0 Å². The van der Waals surface area contributed by atoms with E-state index in [0.717, 1.165) is 12.4 Å². The van der Waals surface area contributed by atoms with E-state index in [9.17, 15) is 9.18 Å². The highest BCUT2D eigenvalue weighted by atomic mass is 19.1. The summed E-state index contributed by atoms with van der Waals surface area (Å²) in [6.07, 6.45) is 3.50. The molecule has 0 aliphatic carbocycles. The molecule has 5 nitrogen and oxygen atoms in total. The van der Waals surface area contributed by atoms with E-state index in [2.05, 4.69) is 14.9 Å². The molecule has 1 atom stereocenters. The number of H-pyrrole nitrogens is 1. The molecule has 22 heavy (non-hydrogen) atoms. The molecule has 0 radical (unpaired) electrons. The minimum Gasteiger partial charge on any atom is -0.347 e. The molecule has 1 saturated heterocycles. The molecule has 0 saturated carbocycles. The van der Waals surface area contributed by atoms with Crippen molar-refractivity contribution in [3.05, 3.63) is 53.4 Å². The number of likely N-dealkylation sites (N-methyl/N-ethyl adjacent to an activating group) is 1. The van der Waals surface area contributed by atoms with Crippen molar-refractivity contribution in [3.8, 4) is 0 Å². The molecule has 1 unspecified atom stereocenters. The second kappa shape index (κ2) is 5.88. The van der Waals surface area contributed by atoms with Gasteiger partial charge in [-0.1, -0.05) is 0 Å². The molecule has 2 aromatic rings. The van der Waals surface area contributed by atoms with Gasteiger partial charge < -0.3 is 9.88 Å². The Kier molecular flexibility index (Phi) is 3.94. The first kappa shape index (κ1) is 14.7. The van der Waals surface area contributed by atoms with Crippen molar-refractivity contribution >= 4 is 5.91 Å². The van der Waals surface area contributed by atoms with E-state index < -0.39 is 0 Å². The smallest absolute Gasteiger partial charge is 0.254 e. The molecule has 1 N–H and O–H groups in total. The fourth-order valence-electron chi connectivity index (χ4n) is 2.85. The van der Waals surface area contributed by atoms with E-state index in [0.29, 0.717) is 24.2 Å². The number of halogens is 1. The lowest BCUT2D eigenvalue weighted by Crippen LogP contribution is -2.49.